The van der Waals surface area contributed by atoms with Crippen molar-refractivity contribution in [1.82, 2.24) is 29.2 Å². The van der Waals surface area contributed by atoms with Gasteiger partial charge >= 0.3 is 7.12 Å². The number of nitrogen functional groups attached to an aromatic ring is 2. The minimum absolute atomic E-state index is 0. The van der Waals surface area contributed by atoms with Gasteiger partial charge in [0.25, 0.3) is 0 Å². The number of fused-ring (bicyclic) bond motifs is 2. The molecule has 45 heavy (non-hydrogen) atoms. The summed E-state index contributed by atoms with van der Waals surface area (Å²) in [5.74, 6) is 2.49. The third-order valence-electron chi connectivity index (χ3n) is 6.88. The summed E-state index contributed by atoms with van der Waals surface area (Å²) in [5.41, 5.74) is 19.8. The standard InChI is InChI=1S/C16H18N4.C9H11BrN4.C7H9BO2.B/c1-10(2)15-18-19-16-14(17)8-13(9-20(15)16)12-6-4-11(3)5-7-12;1-5(2)8-12-13-9-7(11)3-6(10)4-14(8)9;1-6-2-4-7(5-3-6)8(9)10;/h4-10H,17H2,1-3H3;3-5H,11H2,1-2H3;2-5,9-10H,1H3;. The van der Waals surface area contributed by atoms with Crippen LogP contribution in [0, 0.1) is 13.8 Å². The molecule has 0 unspecified atom stereocenters. The van der Waals surface area contributed by atoms with Gasteiger partial charge in [0.2, 0.25) is 0 Å². The maximum Gasteiger partial charge on any atom is 0.488 e. The smallest absolute Gasteiger partial charge is 0.423 e. The van der Waals surface area contributed by atoms with Gasteiger partial charge in [-0.15, -0.1) is 20.4 Å². The normalized spacial score (nSPS) is 10.7. The molecule has 4 heterocycles. The summed E-state index contributed by atoms with van der Waals surface area (Å²) < 4.78 is 4.85. The van der Waals surface area contributed by atoms with Crippen LogP contribution >= 0.6 is 15.9 Å². The summed E-state index contributed by atoms with van der Waals surface area (Å²) in [4.78, 5) is 0. The molecule has 0 amide bonds. The molecule has 0 bridgehead atoms. The molecule has 6 N–H and O–H groups in total. The quantitative estimate of drug-likeness (QED) is 0.194. The van der Waals surface area contributed by atoms with Crippen molar-refractivity contribution >= 4 is 59.6 Å². The van der Waals surface area contributed by atoms with Crippen molar-refractivity contribution in [3.8, 4) is 11.1 Å². The largest absolute Gasteiger partial charge is 0.488 e. The number of aryl methyl sites for hydroxylation is 2. The highest BCUT2D eigenvalue weighted by Gasteiger charge is 2.14. The highest BCUT2D eigenvalue weighted by molar-refractivity contribution is 9.10. The molecule has 13 heteroatoms. The molecule has 0 aliphatic rings. The first-order valence-corrected chi connectivity index (χ1v) is 15.1. The lowest BCUT2D eigenvalue weighted by Gasteiger charge is -2.08. The van der Waals surface area contributed by atoms with Gasteiger partial charge in [0.1, 0.15) is 11.6 Å². The van der Waals surface area contributed by atoms with E-state index in [2.05, 4.69) is 101 Å². The Balaban J connectivity index is 0.000000194. The Labute approximate surface area is 274 Å². The van der Waals surface area contributed by atoms with Crippen molar-refractivity contribution < 1.29 is 10.0 Å². The Morgan fingerprint density at radius 1 is 0.667 bits per heavy atom. The van der Waals surface area contributed by atoms with E-state index < -0.39 is 7.12 Å². The van der Waals surface area contributed by atoms with Crippen LogP contribution in [0.25, 0.3) is 22.4 Å². The zero-order chi connectivity index (χ0) is 32.1. The summed E-state index contributed by atoms with van der Waals surface area (Å²) in [5, 5.41) is 33.9. The molecular formula is C32H38B2BrN8O2. The van der Waals surface area contributed by atoms with Crippen LogP contribution in [0.15, 0.2) is 77.5 Å². The number of benzene rings is 2. The SMILES string of the molecule is CC(C)c1nnc2c(N)cc(Br)cn12.Cc1ccc(-c2cc(N)c3nnc(C(C)C)n3c2)cc1.Cc1ccc(B(O)O)cc1.[B]. The van der Waals surface area contributed by atoms with Crippen molar-refractivity contribution in [2.45, 2.75) is 53.4 Å². The van der Waals surface area contributed by atoms with Crippen LogP contribution in [0.3, 0.4) is 0 Å². The highest BCUT2D eigenvalue weighted by atomic mass is 79.9. The molecule has 0 saturated heterocycles. The molecule has 3 radical (unpaired) electrons. The lowest BCUT2D eigenvalue weighted by molar-refractivity contribution is 0.426. The Morgan fingerprint density at radius 2 is 1.11 bits per heavy atom. The number of halogens is 1. The topological polar surface area (TPSA) is 153 Å². The van der Waals surface area contributed by atoms with E-state index in [1.165, 1.54) is 5.56 Å². The third-order valence-corrected chi connectivity index (χ3v) is 7.31. The Bertz CT molecular complexity index is 1850. The number of aromatic nitrogens is 6. The van der Waals surface area contributed by atoms with Crippen LogP contribution in [-0.2, 0) is 0 Å². The number of hydrogen-bond acceptors (Lipinski definition) is 8. The second-order valence-electron chi connectivity index (χ2n) is 11.3. The van der Waals surface area contributed by atoms with Gasteiger partial charge in [-0.1, -0.05) is 87.4 Å². The van der Waals surface area contributed by atoms with Gasteiger partial charge in [-0.25, -0.2) is 0 Å². The maximum absolute atomic E-state index is 8.67. The molecular weight excluding hydrogens is 630 g/mol. The maximum atomic E-state index is 8.67. The van der Waals surface area contributed by atoms with Crippen LogP contribution in [0.4, 0.5) is 11.4 Å². The summed E-state index contributed by atoms with van der Waals surface area (Å²) in [6, 6.07) is 19.3. The summed E-state index contributed by atoms with van der Waals surface area (Å²) in [7, 11) is -1.35. The summed E-state index contributed by atoms with van der Waals surface area (Å²) in [6.45, 7) is 12.4. The van der Waals surface area contributed by atoms with Crippen LogP contribution in [0.5, 0.6) is 0 Å². The molecule has 6 rings (SSSR count). The van der Waals surface area contributed by atoms with Crippen LogP contribution in [0.2, 0.25) is 0 Å². The first-order valence-electron chi connectivity index (χ1n) is 14.3. The molecule has 231 valence electrons. The second kappa shape index (κ2) is 15.2. The van der Waals surface area contributed by atoms with Gasteiger partial charge in [-0.3, -0.25) is 8.80 Å². The number of nitrogens with two attached hydrogens (primary N) is 2. The Kier molecular flexibility index (Phi) is 11.9. The molecule has 0 aliphatic carbocycles. The van der Waals surface area contributed by atoms with Crippen molar-refractivity contribution in [1.29, 1.82) is 0 Å². The fraction of sp³-hybridized carbons (Fsp3) is 0.250. The number of nitrogens with zero attached hydrogens (tertiary/aromatic N) is 6. The number of pyridine rings is 2. The average molecular weight is 668 g/mol. The number of hydrogen-bond donors (Lipinski definition) is 4. The number of anilines is 2. The summed E-state index contributed by atoms with van der Waals surface area (Å²) >= 11 is 3.39. The van der Waals surface area contributed by atoms with Crippen LogP contribution < -0.4 is 16.9 Å². The molecule has 0 spiro atoms. The fourth-order valence-electron chi connectivity index (χ4n) is 4.47. The molecule has 0 atom stereocenters. The van der Waals surface area contributed by atoms with E-state index in [1.54, 1.807) is 12.1 Å². The molecule has 2 aromatic carbocycles. The predicted octanol–water partition coefficient (Wildman–Crippen LogP) is 4.90. The van der Waals surface area contributed by atoms with E-state index in [9.17, 15) is 0 Å². The predicted molar refractivity (Wildman–Crippen MR) is 188 cm³/mol. The number of rotatable bonds is 4. The minimum atomic E-state index is -1.35. The first kappa shape index (κ1) is 35.3. The van der Waals surface area contributed by atoms with E-state index in [4.69, 9.17) is 21.5 Å². The Morgan fingerprint density at radius 3 is 1.58 bits per heavy atom. The first-order chi connectivity index (χ1) is 20.8. The van der Waals surface area contributed by atoms with E-state index in [-0.39, 0.29) is 8.41 Å². The van der Waals surface area contributed by atoms with Gasteiger partial charge in [-0.05, 0) is 52.9 Å². The van der Waals surface area contributed by atoms with Gasteiger partial charge in [-0.2, -0.15) is 0 Å². The van der Waals surface area contributed by atoms with Crippen molar-refractivity contribution in [2.24, 2.45) is 0 Å². The molecule has 0 fully saturated rings. The lowest BCUT2D eigenvalue weighted by atomic mass is 9.80. The van der Waals surface area contributed by atoms with Crippen LogP contribution in [0.1, 0.15) is 62.3 Å². The zero-order valence-electron chi connectivity index (χ0n) is 26.3. The van der Waals surface area contributed by atoms with Crippen molar-refractivity contribution in [2.75, 3.05) is 11.5 Å². The lowest BCUT2D eigenvalue weighted by Crippen LogP contribution is -2.29. The second-order valence-corrected chi connectivity index (χ2v) is 12.2. The van der Waals surface area contributed by atoms with Gasteiger partial charge < -0.3 is 21.5 Å². The van der Waals surface area contributed by atoms with E-state index in [0.29, 0.717) is 28.7 Å². The molecule has 0 aliphatic heterocycles. The van der Waals surface area contributed by atoms with Gasteiger partial charge in [0.15, 0.2) is 11.3 Å². The zero-order valence-corrected chi connectivity index (χ0v) is 27.9. The van der Waals surface area contributed by atoms with E-state index >= 15 is 0 Å². The minimum Gasteiger partial charge on any atom is -0.423 e. The van der Waals surface area contributed by atoms with Crippen LogP contribution in [-0.4, -0.2) is 54.8 Å². The van der Waals surface area contributed by atoms with E-state index in [0.717, 1.165) is 44.1 Å². The molecule has 6 aromatic rings. The van der Waals surface area contributed by atoms with Crippen molar-refractivity contribution in [3.05, 3.63) is 100 Å². The third kappa shape index (κ3) is 8.50. The van der Waals surface area contributed by atoms with Crippen molar-refractivity contribution in [3.63, 3.8) is 0 Å². The summed E-state index contributed by atoms with van der Waals surface area (Å²) in [6.07, 6.45) is 3.99. The van der Waals surface area contributed by atoms with Gasteiger partial charge in [0, 0.05) is 42.7 Å². The molecule has 0 saturated carbocycles. The fourth-order valence-corrected chi connectivity index (χ4v) is 4.92. The Hall–Kier alpha value is -4.19. The molecule has 4 aromatic heterocycles. The van der Waals surface area contributed by atoms with Gasteiger partial charge in [0.05, 0.1) is 11.4 Å². The monoisotopic (exact) mass is 667 g/mol. The average Bonchev–Trinajstić information content (AvgIpc) is 3.60. The molecule has 10 nitrogen and oxygen atoms in total. The highest BCUT2D eigenvalue weighted by Crippen LogP contribution is 2.26. The van der Waals surface area contributed by atoms with E-state index in [1.807, 2.05) is 46.2 Å².